The fourth-order valence-electron chi connectivity index (χ4n) is 4.58. The number of carbonyl (C=O) groups is 5. The van der Waals surface area contributed by atoms with Gasteiger partial charge >= 0.3 is 11.9 Å². The Balaban J connectivity index is 1.83. The van der Waals surface area contributed by atoms with Gasteiger partial charge in [0.05, 0.1) is 12.5 Å². The number of hydrogen-bond donors (Lipinski definition) is 8. The molecule has 3 aromatic rings. The molecule has 0 aliphatic rings. The molecule has 0 bridgehead atoms. The summed E-state index contributed by atoms with van der Waals surface area (Å²) in [6.45, 7) is 3.57. The lowest BCUT2D eigenvalue weighted by Gasteiger charge is -2.28. The first-order chi connectivity index (χ1) is 20.4. The molecule has 43 heavy (non-hydrogen) atoms. The highest BCUT2D eigenvalue weighted by Gasteiger charge is 2.33. The zero-order valence-corrected chi connectivity index (χ0v) is 23.9. The van der Waals surface area contributed by atoms with E-state index in [0.29, 0.717) is 17.5 Å². The predicted octanol–water partition coefficient (Wildman–Crippen LogP) is 1.05. The number of amides is 3. The summed E-state index contributed by atoms with van der Waals surface area (Å²) in [4.78, 5) is 65.9. The molecule has 3 rings (SSSR count). The lowest BCUT2D eigenvalue weighted by molar-refractivity contribution is -0.147. The molecular formula is C30H37N5O8. The number of rotatable bonds is 15. The Hall–Kier alpha value is -4.91. The van der Waals surface area contributed by atoms with Crippen LogP contribution in [-0.4, -0.2) is 74.1 Å². The van der Waals surface area contributed by atoms with Crippen molar-refractivity contribution < 1.29 is 39.3 Å². The SMILES string of the molecule is CCC(C)C(NC(=O)C(N)Cc1ccc(O)cc1)C(=O)NC(Cc1c[nH]c2ccccc12)C(=O)NC(CC(=O)O)C(=O)O. The third-order valence-corrected chi connectivity index (χ3v) is 7.25. The zero-order valence-electron chi connectivity index (χ0n) is 23.9. The van der Waals surface area contributed by atoms with Crippen LogP contribution in [0.25, 0.3) is 10.9 Å². The van der Waals surface area contributed by atoms with Gasteiger partial charge in [0.2, 0.25) is 17.7 Å². The van der Waals surface area contributed by atoms with E-state index in [1.54, 1.807) is 31.3 Å². The Bertz CT molecular complexity index is 1450. The second kappa shape index (κ2) is 14.8. The molecule has 0 fully saturated rings. The highest BCUT2D eigenvalue weighted by Crippen LogP contribution is 2.20. The van der Waals surface area contributed by atoms with E-state index in [9.17, 15) is 34.2 Å². The molecule has 0 spiro atoms. The van der Waals surface area contributed by atoms with E-state index in [0.717, 1.165) is 10.9 Å². The number of phenolic OH excluding ortho intramolecular Hbond substituents is 1. The highest BCUT2D eigenvalue weighted by molar-refractivity contribution is 5.95. The topological polar surface area (TPSA) is 224 Å². The maximum absolute atomic E-state index is 13.6. The molecular weight excluding hydrogens is 558 g/mol. The van der Waals surface area contributed by atoms with E-state index in [1.807, 2.05) is 25.1 Å². The van der Waals surface area contributed by atoms with Crippen LogP contribution in [0, 0.1) is 5.92 Å². The Morgan fingerprint density at radius 2 is 1.51 bits per heavy atom. The van der Waals surface area contributed by atoms with Gasteiger partial charge in [0.25, 0.3) is 0 Å². The second-order valence-electron chi connectivity index (χ2n) is 10.5. The van der Waals surface area contributed by atoms with Gasteiger partial charge in [-0.25, -0.2) is 4.79 Å². The molecule has 0 radical (unpaired) electrons. The number of phenols is 1. The summed E-state index contributed by atoms with van der Waals surface area (Å²) < 4.78 is 0. The first-order valence-electron chi connectivity index (χ1n) is 13.8. The van der Waals surface area contributed by atoms with Crippen LogP contribution in [-0.2, 0) is 36.8 Å². The van der Waals surface area contributed by atoms with Gasteiger partial charge in [0.1, 0.15) is 23.9 Å². The van der Waals surface area contributed by atoms with Crippen molar-refractivity contribution in [2.75, 3.05) is 0 Å². The van der Waals surface area contributed by atoms with Crippen LogP contribution in [0.4, 0.5) is 0 Å². The van der Waals surface area contributed by atoms with Crippen LogP contribution in [0.2, 0.25) is 0 Å². The molecule has 0 aliphatic carbocycles. The summed E-state index contributed by atoms with van der Waals surface area (Å²) in [7, 11) is 0. The molecule has 230 valence electrons. The van der Waals surface area contributed by atoms with Crippen LogP contribution >= 0.6 is 0 Å². The van der Waals surface area contributed by atoms with Crippen molar-refractivity contribution in [2.24, 2.45) is 11.7 Å². The van der Waals surface area contributed by atoms with Crippen LogP contribution in [0.5, 0.6) is 5.75 Å². The minimum absolute atomic E-state index is 0.0530. The Labute approximate surface area is 247 Å². The van der Waals surface area contributed by atoms with Gasteiger partial charge in [0.15, 0.2) is 0 Å². The Morgan fingerprint density at radius 1 is 0.860 bits per heavy atom. The van der Waals surface area contributed by atoms with Crippen molar-refractivity contribution in [3.63, 3.8) is 0 Å². The number of carbonyl (C=O) groups excluding carboxylic acids is 3. The van der Waals surface area contributed by atoms with Crippen molar-refractivity contribution in [1.29, 1.82) is 0 Å². The molecule has 5 atom stereocenters. The number of nitrogens with one attached hydrogen (secondary N) is 4. The fourth-order valence-corrected chi connectivity index (χ4v) is 4.58. The summed E-state index contributed by atoms with van der Waals surface area (Å²) in [6.07, 6.45) is 1.39. The number of H-pyrrole nitrogens is 1. The van der Waals surface area contributed by atoms with Crippen molar-refractivity contribution in [2.45, 2.75) is 63.7 Å². The number of fused-ring (bicyclic) bond motifs is 1. The lowest BCUT2D eigenvalue weighted by Crippen LogP contribution is -2.59. The molecule has 0 saturated heterocycles. The lowest BCUT2D eigenvalue weighted by atomic mass is 9.96. The number of aromatic hydroxyl groups is 1. The zero-order chi connectivity index (χ0) is 31.7. The van der Waals surface area contributed by atoms with Gasteiger partial charge in [-0.05, 0) is 41.7 Å². The normalized spacial score (nSPS) is 14.6. The largest absolute Gasteiger partial charge is 0.508 e. The predicted molar refractivity (Wildman–Crippen MR) is 157 cm³/mol. The van der Waals surface area contributed by atoms with E-state index in [4.69, 9.17) is 10.8 Å². The minimum Gasteiger partial charge on any atom is -0.508 e. The van der Waals surface area contributed by atoms with Crippen LogP contribution in [0.15, 0.2) is 54.7 Å². The molecule has 13 heteroatoms. The van der Waals surface area contributed by atoms with Crippen molar-refractivity contribution >= 4 is 40.6 Å². The van der Waals surface area contributed by atoms with Crippen LogP contribution in [0.3, 0.4) is 0 Å². The number of nitrogens with two attached hydrogens (primary N) is 1. The molecule has 3 amide bonds. The first kappa shape index (κ1) is 32.6. The van der Waals surface area contributed by atoms with Gasteiger partial charge in [-0.15, -0.1) is 0 Å². The van der Waals surface area contributed by atoms with Crippen molar-refractivity contribution in [3.8, 4) is 5.75 Å². The summed E-state index contributed by atoms with van der Waals surface area (Å²) in [5.41, 5.74) is 8.25. The van der Waals surface area contributed by atoms with Crippen LogP contribution < -0.4 is 21.7 Å². The number of aliphatic carboxylic acids is 2. The Morgan fingerprint density at radius 3 is 2.14 bits per heavy atom. The molecule has 0 saturated carbocycles. The molecule has 9 N–H and O–H groups in total. The minimum atomic E-state index is -1.73. The molecule has 2 aromatic carbocycles. The number of para-hydroxylation sites is 1. The number of benzene rings is 2. The first-order valence-corrected chi connectivity index (χ1v) is 13.8. The number of hydrogen-bond acceptors (Lipinski definition) is 7. The van der Waals surface area contributed by atoms with E-state index in [1.165, 1.54) is 12.1 Å². The number of aromatic amines is 1. The number of carboxylic acids is 2. The van der Waals surface area contributed by atoms with Crippen molar-refractivity contribution in [1.82, 2.24) is 20.9 Å². The summed E-state index contributed by atoms with van der Waals surface area (Å²) in [5.74, 6) is -5.46. The standard InChI is InChI=1S/C30H37N5O8/c1-3-16(2)26(35-27(39)21(31)12-17-8-10-19(36)11-9-17)29(41)33-23(28(40)34-24(30(42)43)14-25(37)38)13-18-15-32-22-7-5-4-6-20(18)22/h4-11,15-16,21,23-24,26,32,36H,3,12-14,31H2,1-2H3,(H,33,41)(H,34,40)(H,35,39)(H,37,38)(H,42,43). The maximum Gasteiger partial charge on any atom is 0.326 e. The average molecular weight is 596 g/mol. The number of carboxylic acid groups (broad SMARTS) is 2. The summed E-state index contributed by atoms with van der Waals surface area (Å²) in [5, 5.41) is 36.4. The van der Waals surface area contributed by atoms with Crippen LogP contribution in [0.1, 0.15) is 37.8 Å². The van der Waals surface area contributed by atoms with Crippen molar-refractivity contribution in [3.05, 3.63) is 65.9 Å². The van der Waals surface area contributed by atoms with Gasteiger partial charge < -0.3 is 42.0 Å². The summed E-state index contributed by atoms with van der Waals surface area (Å²) >= 11 is 0. The van der Waals surface area contributed by atoms with Gasteiger partial charge in [-0.3, -0.25) is 19.2 Å². The van der Waals surface area contributed by atoms with Gasteiger partial charge in [0, 0.05) is 23.5 Å². The molecule has 13 nitrogen and oxygen atoms in total. The molecule has 1 heterocycles. The average Bonchev–Trinajstić information content (AvgIpc) is 3.38. The Kier molecular flexibility index (Phi) is 11.2. The third-order valence-electron chi connectivity index (χ3n) is 7.25. The monoisotopic (exact) mass is 595 g/mol. The van der Waals surface area contributed by atoms with E-state index >= 15 is 0 Å². The van der Waals surface area contributed by atoms with Gasteiger partial charge in [-0.2, -0.15) is 0 Å². The van der Waals surface area contributed by atoms with E-state index in [-0.39, 0.29) is 24.5 Å². The van der Waals surface area contributed by atoms with E-state index in [2.05, 4.69) is 20.9 Å². The summed E-state index contributed by atoms with van der Waals surface area (Å²) in [6, 6.07) is 8.34. The molecule has 0 aliphatic heterocycles. The molecule has 1 aromatic heterocycles. The molecule has 5 unspecified atom stereocenters. The maximum atomic E-state index is 13.6. The number of aromatic nitrogens is 1. The quantitative estimate of drug-likeness (QED) is 0.125. The third kappa shape index (κ3) is 9.04. The van der Waals surface area contributed by atoms with Gasteiger partial charge in [-0.1, -0.05) is 50.6 Å². The fraction of sp³-hybridized carbons (Fsp3) is 0.367. The smallest absolute Gasteiger partial charge is 0.326 e. The van der Waals surface area contributed by atoms with E-state index < -0.39 is 60.2 Å². The second-order valence-corrected chi connectivity index (χ2v) is 10.5. The highest BCUT2D eigenvalue weighted by atomic mass is 16.4.